The fourth-order valence-electron chi connectivity index (χ4n) is 3.72. The van der Waals surface area contributed by atoms with E-state index in [9.17, 15) is 13.2 Å². The van der Waals surface area contributed by atoms with Crippen molar-refractivity contribution < 1.29 is 17.9 Å². The fourth-order valence-corrected chi connectivity index (χ4v) is 4.78. The van der Waals surface area contributed by atoms with Crippen LogP contribution in [0.5, 0.6) is 5.75 Å². The highest BCUT2D eigenvalue weighted by molar-refractivity contribution is 7.92. The number of carbonyl (C=O) groups is 1. The second-order valence-electron chi connectivity index (χ2n) is 7.97. The summed E-state index contributed by atoms with van der Waals surface area (Å²) in [4.78, 5) is 17.4. The third-order valence-corrected chi connectivity index (χ3v) is 7.09. The van der Waals surface area contributed by atoms with Gasteiger partial charge in [-0.2, -0.15) is 0 Å². The van der Waals surface area contributed by atoms with Gasteiger partial charge in [0.1, 0.15) is 5.75 Å². The van der Waals surface area contributed by atoms with Crippen molar-refractivity contribution in [2.75, 3.05) is 57.1 Å². The fraction of sp³-hybridized carbons (Fsp3) is 0.458. The third kappa shape index (κ3) is 7.45. The molecule has 0 atom stereocenters. The molecular formula is C24H34N4O4S. The van der Waals surface area contributed by atoms with Crippen molar-refractivity contribution in [3.8, 4) is 5.75 Å². The maximum absolute atomic E-state index is 12.6. The predicted octanol–water partition coefficient (Wildman–Crippen LogP) is 2.64. The monoisotopic (exact) mass is 474 g/mol. The van der Waals surface area contributed by atoms with Gasteiger partial charge in [-0.15, -0.1) is 0 Å². The number of carbonyl (C=O) groups excluding carboxylic acids is 1. The van der Waals surface area contributed by atoms with E-state index in [2.05, 4.69) is 26.8 Å². The Hall–Kier alpha value is -2.62. The van der Waals surface area contributed by atoms with Crippen molar-refractivity contribution in [2.45, 2.75) is 25.2 Å². The van der Waals surface area contributed by atoms with Crippen LogP contribution in [0.15, 0.2) is 53.4 Å². The summed E-state index contributed by atoms with van der Waals surface area (Å²) in [7, 11) is -3.75. The zero-order valence-electron chi connectivity index (χ0n) is 19.4. The van der Waals surface area contributed by atoms with Crippen molar-refractivity contribution in [3.63, 3.8) is 0 Å². The number of amides is 1. The van der Waals surface area contributed by atoms with Crippen molar-refractivity contribution >= 4 is 21.6 Å². The molecule has 1 heterocycles. The van der Waals surface area contributed by atoms with E-state index in [0.717, 1.165) is 45.7 Å². The molecule has 0 aliphatic carbocycles. The van der Waals surface area contributed by atoms with E-state index in [4.69, 9.17) is 4.74 Å². The maximum Gasteiger partial charge on any atom is 0.261 e. The first kappa shape index (κ1) is 25.0. The average molecular weight is 475 g/mol. The number of ether oxygens (including phenoxy) is 1. The molecule has 1 aliphatic heterocycles. The van der Waals surface area contributed by atoms with E-state index in [0.29, 0.717) is 30.2 Å². The highest BCUT2D eigenvalue weighted by Gasteiger charge is 2.16. The van der Waals surface area contributed by atoms with Crippen molar-refractivity contribution in [3.05, 3.63) is 54.1 Å². The minimum atomic E-state index is -3.75. The lowest BCUT2D eigenvalue weighted by Crippen LogP contribution is -2.46. The molecule has 2 N–H and O–H groups in total. The van der Waals surface area contributed by atoms with Crippen LogP contribution in [0.25, 0.3) is 0 Å². The number of nitrogens with zero attached hydrogens (tertiary/aromatic N) is 2. The summed E-state index contributed by atoms with van der Waals surface area (Å²) in [6.07, 6.45) is 0.885. The van der Waals surface area contributed by atoms with Gasteiger partial charge in [-0.1, -0.05) is 6.92 Å². The summed E-state index contributed by atoms with van der Waals surface area (Å²) in [5.41, 5.74) is 0.878. The van der Waals surface area contributed by atoms with E-state index in [1.807, 2.05) is 6.92 Å². The van der Waals surface area contributed by atoms with Gasteiger partial charge in [-0.05, 0) is 75.0 Å². The van der Waals surface area contributed by atoms with Crippen LogP contribution in [-0.4, -0.2) is 76.5 Å². The molecule has 180 valence electrons. The Morgan fingerprint density at radius 2 is 1.58 bits per heavy atom. The van der Waals surface area contributed by atoms with Gasteiger partial charge in [0.25, 0.3) is 15.9 Å². The second-order valence-corrected chi connectivity index (χ2v) is 9.66. The Bertz CT molecular complexity index is 986. The van der Waals surface area contributed by atoms with Gasteiger partial charge in [-0.3, -0.25) is 9.52 Å². The largest absolute Gasteiger partial charge is 0.494 e. The first-order valence-corrected chi connectivity index (χ1v) is 13.0. The molecule has 1 amide bonds. The number of hydrogen-bond acceptors (Lipinski definition) is 6. The number of hydrogen-bond donors (Lipinski definition) is 2. The Morgan fingerprint density at radius 3 is 2.18 bits per heavy atom. The van der Waals surface area contributed by atoms with Gasteiger partial charge in [0.15, 0.2) is 0 Å². The van der Waals surface area contributed by atoms with Crippen LogP contribution in [0, 0.1) is 0 Å². The van der Waals surface area contributed by atoms with Crippen LogP contribution >= 0.6 is 0 Å². The Kier molecular flexibility index (Phi) is 9.11. The lowest BCUT2D eigenvalue weighted by molar-refractivity contribution is 0.0948. The van der Waals surface area contributed by atoms with Crippen LogP contribution < -0.4 is 14.8 Å². The smallest absolute Gasteiger partial charge is 0.261 e. The Morgan fingerprint density at radius 1 is 0.939 bits per heavy atom. The first-order valence-electron chi connectivity index (χ1n) is 11.5. The van der Waals surface area contributed by atoms with Crippen molar-refractivity contribution in [2.24, 2.45) is 0 Å². The molecule has 3 rings (SSSR count). The third-order valence-electron chi connectivity index (χ3n) is 5.69. The summed E-state index contributed by atoms with van der Waals surface area (Å²) in [5, 5.41) is 2.92. The Labute approximate surface area is 197 Å². The molecule has 0 spiro atoms. The van der Waals surface area contributed by atoms with Gasteiger partial charge < -0.3 is 19.9 Å². The molecule has 0 aromatic heterocycles. The molecule has 0 bridgehead atoms. The molecule has 1 fully saturated rings. The van der Waals surface area contributed by atoms with E-state index in [1.54, 1.807) is 24.3 Å². The molecule has 33 heavy (non-hydrogen) atoms. The number of nitrogens with one attached hydrogen (secondary N) is 2. The van der Waals surface area contributed by atoms with E-state index in [-0.39, 0.29) is 10.8 Å². The molecule has 2 aromatic rings. The number of anilines is 1. The van der Waals surface area contributed by atoms with E-state index in [1.165, 1.54) is 24.3 Å². The SMILES string of the molecule is CCOc1ccc(NS(=O)(=O)c2ccc(C(=O)NCCCN3CCN(CC)CC3)cc2)cc1. The molecule has 2 aromatic carbocycles. The molecule has 1 aliphatic rings. The van der Waals surface area contributed by atoms with Gasteiger partial charge in [0.2, 0.25) is 0 Å². The number of piperazine rings is 1. The standard InChI is InChI=1S/C24H34N4O4S/c1-3-27-16-18-28(19-17-27)15-5-14-25-24(29)20-6-12-23(13-7-20)33(30,31)26-21-8-10-22(11-9-21)32-4-2/h6-13,26H,3-5,14-19H2,1-2H3,(H,25,29). The molecule has 9 heteroatoms. The van der Waals surface area contributed by atoms with Gasteiger partial charge in [0.05, 0.1) is 11.5 Å². The quantitative estimate of drug-likeness (QED) is 0.487. The summed E-state index contributed by atoms with van der Waals surface area (Å²) in [5.74, 6) is 0.476. The zero-order valence-corrected chi connectivity index (χ0v) is 20.2. The molecule has 8 nitrogen and oxygen atoms in total. The maximum atomic E-state index is 12.6. The van der Waals surface area contributed by atoms with Crippen LogP contribution in [0.3, 0.4) is 0 Å². The molecule has 0 saturated carbocycles. The molecule has 1 saturated heterocycles. The van der Waals surface area contributed by atoms with E-state index >= 15 is 0 Å². The van der Waals surface area contributed by atoms with Gasteiger partial charge in [0, 0.05) is 44.0 Å². The normalized spacial score (nSPS) is 15.2. The number of sulfonamides is 1. The highest BCUT2D eigenvalue weighted by Crippen LogP contribution is 2.20. The highest BCUT2D eigenvalue weighted by atomic mass is 32.2. The lowest BCUT2D eigenvalue weighted by Gasteiger charge is -2.33. The van der Waals surface area contributed by atoms with Crippen LogP contribution in [0.2, 0.25) is 0 Å². The predicted molar refractivity (Wildman–Crippen MR) is 130 cm³/mol. The van der Waals surface area contributed by atoms with Gasteiger partial charge >= 0.3 is 0 Å². The van der Waals surface area contributed by atoms with E-state index < -0.39 is 10.0 Å². The van der Waals surface area contributed by atoms with Gasteiger partial charge in [-0.25, -0.2) is 8.42 Å². The zero-order chi connectivity index (χ0) is 23.7. The second kappa shape index (κ2) is 12.0. The molecular weight excluding hydrogens is 440 g/mol. The summed E-state index contributed by atoms with van der Waals surface area (Å²) < 4.78 is 33.2. The molecule has 0 unspecified atom stereocenters. The van der Waals surface area contributed by atoms with Crippen molar-refractivity contribution in [1.29, 1.82) is 0 Å². The lowest BCUT2D eigenvalue weighted by atomic mass is 10.2. The number of rotatable bonds is 11. The van der Waals surface area contributed by atoms with Crippen LogP contribution in [0.4, 0.5) is 5.69 Å². The summed E-state index contributed by atoms with van der Waals surface area (Å²) >= 11 is 0. The van der Waals surface area contributed by atoms with Crippen LogP contribution in [0.1, 0.15) is 30.6 Å². The minimum absolute atomic E-state index is 0.0964. The summed E-state index contributed by atoms with van der Waals surface area (Å²) in [6.45, 7) is 11.6. The van der Waals surface area contributed by atoms with Crippen LogP contribution in [-0.2, 0) is 10.0 Å². The number of likely N-dealkylation sites (N-methyl/N-ethyl adjacent to an activating group) is 1. The minimum Gasteiger partial charge on any atom is -0.494 e. The van der Waals surface area contributed by atoms with Crippen molar-refractivity contribution in [1.82, 2.24) is 15.1 Å². The first-order chi connectivity index (χ1) is 15.9. The number of benzene rings is 2. The Balaban J connectivity index is 1.46. The average Bonchev–Trinajstić information content (AvgIpc) is 2.83. The summed E-state index contributed by atoms with van der Waals surface area (Å²) in [6, 6.07) is 12.7. The molecule has 0 radical (unpaired) electrons. The topological polar surface area (TPSA) is 91.0 Å².